The number of benzene rings is 1. The molecule has 0 unspecified atom stereocenters. The summed E-state index contributed by atoms with van der Waals surface area (Å²) in [5.74, 6) is 0. The van der Waals surface area contributed by atoms with Crippen molar-refractivity contribution in [3.05, 3.63) is 29.3 Å². The molecular weight excluding hydrogens is 234 g/mol. The van der Waals surface area contributed by atoms with Crippen LogP contribution in [0.4, 0.5) is 5.69 Å². The summed E-state index contributed by atoms with van der Waals surface area (Å²) in [6, 6.07) is 6.61. The van der Waals surface area contributed by atoms with Crippen LogP contribution in [0.3, 0.4) is 0 Å². The number of nitrogens with zero attached hydrogens (tertiary/aromatic N) is 2. The molecule has 1 saturated heterocycles. The van der Waals surface area contributed by atoms with Gasteiger partial charge in [0.2, 0.25) is 0 Å². The summed E-state index contributed by atoms with van der Waals surface area (Å²) in [4.78, 5) is 4.98. The quantitative estimate of drug-likeness (QED) is 0.821. The van der Waals surface area contributed by atoms with Crippen LogP contribution >= 0.6 is 0 Å². The lowest BCUT2D eigenvalue weighted by atomic mass is 10.1. The molecule has 2 rings (SSSR count). The van der Waals surface area contributed by atoms with E-state index in [-0.39, 0.29) is 0 Å². The van der Waals surface area contributed by atoms with Gasteiger partial charge in [-0.15, -0.1) is 0 Å². The molecule has 1 heterocycles. The van der Waals surface area contributed by atoms with Gasteiger partial charge in [0.1, 0.15) is 0 Å². The molecule has 0 bridgehead atoms. The number of likely N-dealkylation sites (N-methyl/N-ethyl adjacent to an activating group) is 1. The second kappa shape index (κ2) is 6.92. The fourth-order valence-corrected chi connectivity index (χ4v) is 2.52. The molecule has 3 nitrogen and oxygen atoms in total. The Morgan fingerprint density at radius 2 is 1.84 bits per heavy atom. The Morgan fingerprint density at radius 1 is 1.11 bits per heavy atom. The van der Waals surface area contributed by atoms with E-state index in [4.69, 9.17) is 0 Å². The molecular formula is C16H27N3. The molecule has 0 atom stereocenters. The lowest BCUT2D eigenvalue weighted by molar-refractivity contribution is 0.154. The number of hydrogen-bond donors (Lipinski definition) is 1. The molecule has 0 amide bonds. The van der Waals surface area contributed by atoms with E-state index in [1.165, 1.54) is 56.0 Å². The Bertz CT molecular complexity index is 395. The normalized spacial score (nSPS) is 17.6. The van der Waals surface area contributed by atoms with E-state index in [0.29, 0.717) is 0 Å². The van der Waals surface area contributed by atoms with Crippen molar-refractivity contribution in [2.45, 2.75) is 20.3 Å². The van der Waals surface area contributed by atoms with Crippen LogP contribution in [0.5, 0.6) is 0 Å². The van der Waals surface area contributed by atoms with Gasteiger partial charge in [0, 0.05) is 38.4 Å². The minimum absolute atomic E-state index is 1.07. The van der Waals surface area contributed by atoms with Crippen molar-refractivity contribution in [1.82, 2.24) is 9.80 Å². The summed E-state index contributed by atoms with van der Waals surface area (Å²) in [5.41, 5.74) is 3.95. The Balaban J connectivity index is 1.68. The molecule has 19 heavy (non-hydrogen) atoms. The molecule has 1 aromatic rings. The van der Waals surface area contributed by atoms with Gasteiger partial charge in [-0.1, -0.05) is 12.1 Å². The zero-order chi connectivity index (χ0) is 13.7. The average molecular weight is 261 g/mol. The van der Waals surface area contributed by atoms with Gasteiger partial charge >= 0.3 is 0 Å². The number of rotatable bonds is 5. The van der Waals surface area contributed by atoms with Crippen molar-refractivity contribution in [1.29, 1.82) is 0 Å². The average Bonchev–Trinajstić information content (AvgIpc) is 2.40. The Hall–Kier alpha value is -1.06. The lowest BCUT2D eigenvalue weighted by Gasteiger charge is -2.32. The maximum Gasteiger partial charge on any atom is 0.0372 e. The van der Waals surface area contributed by atoms with Gasteiger partial charge in [-0.25, -0.2) is 0 Å². The number of nitrogens with one attached hydrogen (secondary N) is 1. The Morgan fingerprint density at radius 3 is 2.58 bits per heavy atom. The van der Waals surface area contributed by atoms with E-state index in [1.807, 2.05) is 0 Å². The van der Waals surface area contributed by atoms with Gasteiger partial charge in [-0.3, -0.25) is 0 Å². The molecule has 106 valence electrons. The standard InChI is InChI=1S/C16H27N3/c1-14-5-6-15(2)16(13-14)17-7-4-8-19-11-9-18(3)10-12-19/h5-6,13,17H,4,7-12H2,1-3H3. The third kappa shape index (κ3) is 4.51. The first-order valence-corrected chi connectivity index (χ1v) is 7.37. The third-order valence-electron chi connectivity index (χ3n) is 3.96. The van der Waals surface area contributed by atoms with Crippen LogP contribution in [0.25, 0.3) is 0 Å². The molecule has 1 N–H and O–H groups in total. The number of piperazine rings is 1. The summed E-state index contributed by atoms with van der Waals surface area (Å²) < 4.78 is 0. The van der Waals surface area contributed by atoms with Crippen molar-refractivity contribution in [3.63, 3.8) is 0 Å². The van der Waals surface area contributed by atoms with Gasteiger partial charge in [-0.05, 0) is 51.1 Å². The van der Waals surface area contributed by atoms with Crippen LogP contribution in [-0.4, -0.2) is 56.1 Å². The molecule has 3 heteroatoms. The molecule has 1 aliphatic rings. The number of aryl methyl sites for hydroxylation is 2. The van der Waals surface area contributed by atoms with Crippen LogP contribution in [0.2, 0.25) is 0 Å². The third-order valence-corrected chi connectivity index (χ3v) is 3.96. The predicted molar refractivity (Wildman–Crippen MR) is 83.0 cm³/mol. The fraction of sp³-hybridized carbons (Fsp3) is 0.625. The van der Waals surface area contributed by atoms with Gasteiger partial charge in [-0.2, -0.15) is 0 Å². The molecule has 1 aliphatic heterocycles. The van der Waals surface area contributed by atoms with E-state index in [9.17, 15) is 0 Å². The molecule has 0 aliphatic carbocycles. The van der Waals surface area contributed by atoms with Gasteiger partial charge in [0.25, 0.3) is 0 Å². The highest BCUT2D eigenvalue weighted by atomic mass is 15.2. The van der Waals surface area contributed by atoms with Crippen LogP contribution in [0, 0.1) is 13.8 Å². The fourth-order valence-electron chi connectivity index (χ4n) is 2.52. The molecule has 0 spiro atoms. The molecule has 1 aromatic carbocycles. The highest BCUT2D eigenvalue weighted by molar-refractivity contribution is 5.52. The zero-order valence-corrected chi connectivity index (χ0v) is 12.6. The van der Waals surface area contributed by atoms with E-state index < -0.39 is 0 Å². The Labute approximate surface area is 117 Å². The molecule has 1 fully saturated rings. The van der Waals surface area contributed by atoms with E-state index in [2.05, 4.69) is 54.2 Å². The zero-order valence-electron chi connectivity index (χ0n) is 12.6. The minimum Gasteiger partial charge on any atom is -0.385 e. The van der Waals surface area contributed by atoms with Crippen LogP contribution in [-0.2, 0) is 0 Å². The van der Waals surface area contributed by atoms with Crippen molar-refractivity contribution in [2.75, 3.05) is 51.6 Å². The summed E-state index contributed by atoms with van der Waals surface area (Å²) in [6.07, 6.45) is 1.22. The molecule has 0 radical (unpaired) electrons. The maximum absolute atomic E-state index is 3.57. The van der Waals surface area contributed by atoms with E-state index in [1.54, 1.807) is 0 Å². The van der Waals surface area contributed by atoms with Gasteiger partial charge < -0.3 is 15.1 Å². The monoisotopic (exact) mass is 261 g/mol. The highest BCUT2D eigenvalue weighted by Gasteiger charge is 2.12. The van der Waals surface area contributed by atoms with Crippen molar-refractivity contribution >= 4 is 5.69 Å². The molecule has 0 aromatic heterocycles. The summed E-state index contributed by atoms with van der Waals surface area (Å²) >= 11 is 0. The second-order valence-corrected chi connectivity index (χ2v) is 5.74. The second-order valence-electron chi connectivity index (χ2n) is 5.74. The predicted octanol–water partition coefficient (Wildman–Crippen LogP) is 2.35. The highest BCUT2D eigenvalue weighted by Crippen LogP contribution is 2.16. The van der Waals surface area contributed by atoms with Crippen molar-refractivity contribution < 1.29 is 0 Å². The largest absolute Gasteiger partial charge is 0.385 e. The summed E-state index contributed by atoms with van der Waals surface area (Å²) in [7, 11) is 2.21. The smallest absolute Gasteiger partial charge is 0.0372 e. The van der Waals surface area contributed by atoms with Crippen LogP contribution in [0.15, 0.2) is 18.2 Å². The van der Waals surface area contributed by atoms with Gasteiger partial charge in [0.15, 0.2) is 0 Å². The lowest BCUT2D eigenvalue weighted by Crippen LogP contribution is -2.44. The van der Waals surface area contributed by atoms with Gasteiger partial charge in [0.05, 0.1) is 0 Å². The number of anilines is 1. The minimum atomic E-state index is 1.07. The van der Waals surface area contributed by atoms with Crippen LogP contribution in [0.1, 0.15) is 17.5 Å². The maximum atomic E-state index is 3.57. The SMILES string of the molecule is Cc1ccc(C)c(NCCCN2CCN(C)CC2)c1. The van der Waals surface area contributed by atoms with Crippen molar-refractivity contribution in [2.24, 2.45) is 0 Å². The van der Waals surface area contributed by atoms with Crippen molar-refractivity contribution in [3.8, 4) is 0 Å². The summed E-state index contributed by atoms with van der Waals surface area (Å²) in [5, 5.41) is 3.57. The first-order valence-electron chi connectivity index (χ1n) is 7.37. The van der Waals surface area contributed by atoms with E-state index >= 15 is 0 Å². The summed E-state index contributed by atoms with van der Waals surface area (Å²) in [6.45, 7) is 11.5. The van der Waals surface area contributed by atoms with E-state index in [0.717, 1.165) is 6.54 Å². The van der Waals surface area contributed by atoms with Crippen LogP contribution < -0.4 is 5.32 Å². The first-order chi connectivity index (χ1) is 9.15. The topological polar surface area (TPSA) is 18.5 Å². The first kappa shape index (κ1) is 14.4. The number of hydrogen-bond acceptors (Lipinski definition) is 3. The molecule has 0 saturated carbocycles. The Kier molecular flexibility index (Phi) is 5.23.